The molecule has 2 aliphatic rings. The summed E-state index contributed by atoms with van der Waals surface area (Å²) in [4.78, 5) is 37.0. The molecule has 0 aromatic heterocycles. The molecule has 4 rings (SSSR count). The zero-order chi connectivity index (χ0) is 19.1. The Balaban J connectivity index is 1.75. The number of Topliss-reactive ketones (excluding diaryl/α,β-unsaturated/α-hetero) is 1. The molecule has 0 radical (unpaired) electrons. The van der Waals surface area contributed by atoms with Crippen molar-refractivity contribution in [1.82, 2.24) is 10.2 Å². The van der Waals surface area contributed by atoms with Crippen LogP contribution >= 0.6 is 0 Å². The van der Waals surface area contributed by atoms with Gasteiger partial charge in [0, 0.05) is 42.6 Å². The van der Waals surface area contributed by atoms with E-state index in [2.05, 4.69) is 5.32 Å². The number of carbonyl (C=O) groups is 3. The number of benzene rings is 2. The number of fused-ring (bicyclic) bond motifs is 3. The van der Waals surface area contributed by atoms with Gasteiger partial charge in [-0.2, -0.15) is 0 Å². The molecule has 0 saturated carbocycles. The summed E-state index contributed by atoms with van der Waals surface area (Å²) in [5, 5.41) is 12.2. The van der Waals surface area contributed by atoms with Crippen LogP contribution in [0.2, 0.25) is 0 Å². The third-order valence-corrected chi connectivity index (χ3v) is 5.54. The summed E-state index contributed by atoms with van der Waals surface area (Å²) in [6.07, 6.45) is -0.923. The summed E-state index contributed by atoms with van der Waals surface area (Å²) in [6.45, 7) is 2.83. The lowest BCUT2D eigenvalue weighted by atomic mass is 9.86. The molecule has 0 spiro atoms. The highest BCUT2D eigenvalue weighted by atomic mass is 16.4. The number of nitrogens with one attached hydrogen (secondary N) is 1. The van der Waals surface area contributed by atoms with Crippen molar-refractivity contribution >= 4 is 17.8 Å². The van der Waals surface area contributed by atoms with E-state index in [-0.39, 0.29) is 23.5 Å². The van der Waals surface area contributed by atoms with Crippen molar-refractivity contribution in [2.75, 3.05) is 19.6 Å². The monoisotopic (exact) mass is 364 g/mol. The van der Waals surface area contributed by atoms with Crippen molar-refractivity contribution in [1.29, 1.82) is 0 Å². The van der Waals surface area contributed by atoms with E-state index < -0.39 is 6.09 Å². The Morgan fingerprint density at radius 1 is 1.11 bits per heavy atom. The average molecular weight is 364 g/mol. The fourth-order valence-electron chi connectivity index (χ4n) is 4.08. The first-order chi connectivity index (χ1) is 12.9. The van der Waals surface area contributed by atoms with Crippen LogP contribution in [0.5, 0.6) is 0 Å². The fourth-order valence-corrected chi connectivity index (χ4v) is 4.08. The predicted molar refractivity (Wildman–Crippen MR) is 100 cm³/mol. The second-order valence-electron chi connectivity index (χ2n) is 7.20. The number of likely N-dealkylation sites (tertiary alicyclic amines) is 1. The van der Waals surface area contributed by atoms with Crippen LogP contribution in [0, 0.1) is 5.92 Å². The Labute approximate surface area is 156 Å². The van der Waals surface area contributed by atoms with Gasteiger partial charge in [-0.3, -0.25) is 9.59 Å². The molecule has 2 N–H and O–H groups in total. The lowest BCUT2D eigenvalue weighted by molar-refractivity contribution is 0.0950. The standard InChI is InChI=1S/C21H20N2O4/c1-12(24)13-3-2-4-14(7-13)15-5-6-17-18(8-15)20(25)22-9-16-10-23(21(26)27)11-19(16)17/h2-8,16,19H,9-11H2,1H3,(H,22,25)(H,26,27)/t16-,19-/m1/s1. The maximum atomic E-state index is 12.6. The molecule has 138 valence electrons. The van der Waals surface area contributed by atoms with Crippen molar-refractivity contribution < 1.29 is 19.5 Å². The van der Waals surface area contributed by atoms with Gasteiger partial charge < -0.3 is 15.3 Å². The zero-order valence-corrected chi connectivity index (χ0v) is 14.9. The number of carbonyl (C=O) groups excluding carboxylic acids is 2. The Morgan fingerprint density at radius 3 is 2.63 bits per heavy atom. The van der Waals surface area contributed by atoms with E-state index in [0.29, 0.717) is 30.8 Å². The van der Waals surface area contributed by atoms with Crippen LogP contribution < -0.4 is 5.32 Å². The Morgan fingerprint density at radius 2 is 1.89 bits per heavy atom. The number of amides is 2. The minimum atomic E-state index is -0.923. The average Bonchev–Trinajstić information content (AvgIpc) is 3.05. The largest absolute Gasteiger partial charge is 0.465 e. The third-order valence-electron chi connectivity index (χ3n) is 5.54. The second kappa shape index (κ2) is 6.54. The molecule has 1 saturated heterocycles. The van der Waals surface area contributed by atoms with Crippen LogP contribution in [0.3, 0.4) is 0 Å². The highest BCUT2D eigenvalue weighted by Crippen LogP contribution is 2.37. The topological polar surface area (TPSA) is 86.7 Å². The van der Waals surface area contributed by atoms with E-state index in [9.17, 15) is 19.5 Å². The number of nitrogens with zero attached hydrogens (tertiary/aromatic N) is 1. The summed E-state index contributed by atoms with van der Waals surface area (Å²) < 4.78 is 0. The molecular weight excluding hydrogens is 344 g/mol. The maximum Gasteiger partial charge on any atom is 0.407 e. The predicted octanol–water partition coefficient (Wildman–Crippen LogP) is 2.99. The third kappa shape index (κ3) is 3.07. The molecule has 2 aromatic carbocycles. The van der Waals surface area contributed by atoms with Crippen molar-refractivity contribution in [2.24, 2.45) is 5.92 Å². The molecule has 2 aromatic rings. The molecule has 1 fully saturated rings. The molecule has 0 aliphatic carbocycles. The molecule has 6 heteroatoms. The smallest absolute Gasteiger partial charge is 0.407 e. The van der Waals surface area contributed by atoms with Crippen molar-refractivity contribution in [3.63, 3.8) is 0 Å². The molecule has 0 bridgehead atoms. The van der Waals surface area contributed by atoms with Gasteiger partial charge in [0.25, 0.3) is 5.91 Å². The number of rotatable bonds is 2. The summed E-state index contributed by atoms with van der Waals surface area (Å²) in [5.74, 6) is -0.0522. The van der Waals surface area contributed by atoms with E-state index in [1.54, 1.807) is 6.07 Å². The van der Waals surface area contributed by atoms with Gasteiger partial charge in [-0.15, -0.1) is 0 Å². The number of ketones is 1. The zero-order valence-electron chi connectivity index (χ0n) is 14.9. The highest BCUT2D eigenvalue weighted by molar-refractivity contribution is 5.98. The van der Waals surface area contributed by atoms with Gasteiger partial charge in [0.2, 0.25) is 0 Å². The van der Waals surface area contributed by atoms with Gasteiger partial charge in [0.1, 0.15) is 0 Å². The van der Waals surface area contributed by atoms with E-state index in [1.165, 1.54) is 11.8 Å². The summed E-state index contributed by atoms with van der Waals surface area (Å²) in [6, 6.07) is 13.0. The fraction of sp³-hybridized carbons (Fsp3) is 0.286. The molecular formula is C21H20N2O4. The molecule has 0 unspecified atom stereocenters. The molecule has 27 heavy (non-hydrogen) atoms. The van der Waals surface area contributed by atoms with E-state index >= 15 is 0 Å². The Hall–Kier alpha value is -3.15. The maximum absolute atomic E-state index is 12.6. The van der Waals surface area contributed by atoms with Crippen molar-refractivity contribution in [3.05, 3.63) is 59.2 Å². The minimum absolute atomic E-state index is 0.00709. The lowest BCUT2D eigenvalue weighted by Crippen LogP contribution is -2.31. The molecule has 2 amide bonds. The summed E-state index contributed by atoms with van der Waals surface area (Å²) >= 11 is 0. The summed E-state index contributed by atoms with van der Waals surface area (Å²) in [7, 11) is 0. The Bertz CT molecular complexity index is 953. The van der Waals surface area contributed by atoms with Crippen LogP contribution in [0.25, 0.3) is 11.1 Å². The first-order valence-electron chi connectivity index (χ1n) is 8.95. The van der Waals surface area contributed by atoms with Gasteiger partial charge in [-0.05, 0) is 35.7 Å². The Kier molecular flexibility index (Phi) is 4.18. The van der Waals surface area contributed by atoms with Crippen molar-refractivity contribution in [2.45, 2.75) is 12.8 Å². The quantitative estimate of drug-likeness (QED) is 0.802. The molecule has 2 aliphatic heterocycles. The SMILES string of the molecule is CC(=O)c1cccc(-c2ccc3c(c2)C(=O)NC[C@@H]2CN(C(=O)O)C[C@@H]32)c1. The van der Waals surface area contributed by atoms with E-state index in [0.717, 1.165) is 16.7 Å². The lowest BCUT2D eigenvalue weighted by Gasteiger charge is -2.17. The van der Waals surface area contributed by atoms with Crippen LogP contribution in [0.1, 0.15) is 39.1 Å². The second-order valence-corrected chi connectivity index (χ2v) is 7.20. The molecule has 2 atom stereocenters. The number of carboxylic acid groups (broad SMARTS) is 1. The van der Waals surface area contributed by atoms with Crippen LogP contribution in [0.4, 0.5) is 4.79 Å². The van der Waals surface area contributed by atoms with Crippen LogP contribution in [-0.2, 0) is 0 Å². The normalized spacial score (nSPS) is 21.1. The molecule has 2 heterocycles. The van der Waals surface area contributed by atoms with E-state index in [4.69, 9.17) is 0 Å². The van der Waals surface area contributed by atoms with Gasteiger partial charge in [-0.25, -0.2) is 4.79 Å². The van der Waals surface area contributed by atoms with Gasteiger partial charge >= 0.3 is 6.09 Å². The van der Waals surface area contributed by atoms with Crippen LogP contribution in [-0.4, -0.2) is 47.4 Å². The van der Waals surface area contributed by atoms with Crippen LogP contribution in [0.15, 0.2) is 42.5 Å². The number of hydrogen-bond donors (Lipinski definition) is 2. The first kappa shape index (κ1) is 17.3. The first-order valence-corrected chi connectivity index (χ1v) is 8.95. The van der Waals surface area contributed by atoms with Gasteiger partial charge in [0.05, 0.1) is 0 Å². The molecule has 6 nitrogen and oxygen atoms in total. The van der Waals surface area contributed by atoms with Crippen molar-refractivity contribution in [3.8, 4) is 11.1 Å². The minimum Gasteiger partial charge on any atom is -0.465 e. The summed E-state index contributed by atoms with van der Waals surface area (Å²) in [5.41, 5.74) is 3.83. The van der Waals surface area contributed by atoms with Gasteiger partial charge in [-0.1, -0.05) is 30.3 Å². The van der Waals surface area contributed by atoms with Gasteiger partial charge in [0.15, 0.2) is 5.78 Å². The van der Waals surface area contributed by atoms with E-state index in [1.807, 2.05) is 36.4 Å². The highest BCUT2D eigenvalue weighted by Gasteiger charge is 2.39. The number of hydrogen-bond acceptors (Lipinski definition) is 3.